The van der Waals surface area contributed by atoms with Crippen LogP contribution in [0.2, 0.25) is 0 Å². The lowest BCUT2D eigenvalue weighted by Gasteiger charge is -2.21. The molecule has 25 heavy (non-hydrogen) atoms. The van der Waals surface area contributed by atoms with Crippen molar-refractivity contribution in [3.63, 3.8) is 0 Å². The summed E-state index contributed by atoms with van der Waals surface area (Å²) in [7, 11) is 0. The summed E-state index contributed by atoms with van der Waals surface area (Å²) in [6.45, 7) is 5.84. The summed E-state index contributed by atoms with van der Waals surface area (Å²) >= 11 is 0. The van der Waals surface area contributed by atoms with Gasteiger partial charge in [0, 0.05) is 18.2 Å². The Morgan fingerprint density at radius 2 is 1.96 bits per heavy atom. The van der Waals surface area contributed by atoms with Crippen LogP contribution in [-0.4, -0.2) is 28.9 Å². The van der Waals surface area contributed by atoms with E-state index in [4.69, 9.17) is 9.63 Å². The van der Waals surface area contributed by atoms with Crippen molar-refractivity contribution < 1.29 is 14.4 Å². The first kappa shape index (κ1) is 19.0. The molecule has 0 saturated carbocycles. The molecular weight excluding hydrogens is 318 g/mol. The zero-order chi connectivity index (χ0) is 18.2. The van der Waals surface area contributed by atoms with Crippen LogP contribution in [0.4, 0.5) is 4.79 Å². The van der Waals surface area contributed by atoms with E-state index in [2.05, 4.69) is 15.8 Å². The number of hydrogen-bond acceptors (Lipinski definition) is 4. The highest BCUT2D eigenvalue weighted by atomic mass is 16.5. The van der Waals surface area contributed by atoms with Gasteiger partial charge in [-0.2, -0.15) is 0 Å². The molecular formula is C19H27N3O3. The lowest BCUT2D eigenvalue weighted by molar-refractivity contribution is 0.230. The number of rotatable bonds is 8. The maximum absolute atomic E-state index is 12.4. The molecule has 2 unspecified atom stereocenters. The molecule has 3 N–H and O–H groups in total. The van der Waals surface area contributed by atoms with E-state index in [9.17, 15) is 4.79 Å². The highest BCUT2D eigenvalue weighted by Gasteiger charge is 2.17. The van der Waals surface area contributed by atoms with E-state index in [1.807, 2.05) is 51.1 Å². The monoisotopic (exact) mass is 345 g/mol. The van der Waals surface area contributed by atoms with Gasteiger partial charge in [-0.3, -0.25) is 0 Å². The predicted molar refractivity (Wildman–Crippen MR) is 96.3 cm³/mol. The summed E-state index contributed by atoms with van der Waals surface area (Å²) < 4.78 is 5.17. The Morgan fingerprint density at radius 3 is 2.56 bits per heavy atom. The van der Waals surface area contributed by atoms with Crippen molar-refractivity contribution in [1.82, 2.24) is 15.8 Å². The van der Waals surface area contributed by atoms with Gasteiger partial charge in [0.1, 0.15) is 5.76 Å². The fraction of sp³-hybridized carbons (Fsp3) is 0.474. The Kier molecular flexibility index (Phi) is 7.01. The normalized spacial score (nSPS) is 13.3. The number of carbonyl (C=O) groups is 1. The quantitative estimate of drug-likeness (QED) is 0.686. The molecule has 2 rings (SSSR count). The van der Waals surface area contributed by atoms with Gasteiger partial charge in [-0.1, -0.05) is 35.5 Å². The molecule has 0 radical (unpaired) electrons. The zero-order valence-corrected chi connectivity index (χ0v) is 15.1. The van der Waals surface area contributed by atoms with E-state index in [0.29, 0.717) is 19.3 Å². The summed E-state index contributed by atoms with van der Waals surface area (Å²) in [5, 5.41) is 19.0. The Balaban J connectivity index is 1.94. The van der Waals surface area contributed by atoms with Gasteiger partial charge in [-0.05, 0) is 45.6 Å². The average Bonchev–Trinajstić information content (AvgIpc) is 2.91. The molecule has 136 valence electrons. The molecule has 0 aliphatic carbocycles. The van der Waals surface area contributed by atoms with Crippen LogP contribution in [0.3, 0.4) is 0 Å². The van der Waals surface area contributed by atoms with E-state index in [1.165, 1.54) is 0 Å². The molecule has 0 spiro atoms. The fourth-order valence-electron chi connectivity index (χ4n) is 2.88. The first-order valence-electron chi connectivity index (χ1n) is 8.65. The molecule has 6 heteroatoms. The van der Waals surface area contributed by atoms with E-state index in [-0.39, 0.29) is 24.7 Å². The van der Waals surface area contributed by atoms with E-state index >= 15 is 0 Å². The minimum atomic E-state index is -0.217. The van der Waals surface area contributed by atoms with Gasteiger partial charge in [0.15, 0.2) is 0 Å². The lowest BCUT2D eigenvalue weighted by atomic mass is 10.0. The summed E-state index contributed by atoms with van der Waals surface area (Å²) in [4.78, 5) is 12.4. The van der Waals surface area contributed by atoms with Gasteiger partial charge < -0.3 is 20.3 Å². The Bertz CT molecular complexity index is 650. The van der Waals surface area contributed by atoms with Crippen molar-refractivity contribution in [2.24, 2.45) is 0 Å². The first-order chi connectivity index (χ1) is 12.0. The lowest BCUT2D eigenvalue weighted by Crippen LogP contribution is -2.43. The summed E-state index contributed by atoms with van der Waals surface area (Å²) in [5.41, 5.74) is 2.92. The molecule has 0 aliphatic heterocycles. The summed E-state index contributed by atoms with van der Waals surface area (Å²) in [6, 6.07) is 9.41. The SMILES string of the molecule is Cc1noc(C)c1CC(C)NC(=O)NC(CCCO)c1ccccc1. The van der Waals surface area contributed by atoms with Gasteiger partial charge in [-0.15, -0.1) is 0 Å². The number of nitrogens with one attached hydrogen (secondary N) is 2. The number of nitrogens with zero attached hydrogens (tertiary/aromatic N) is 1. The summed E-state index contributed by atoms with van der Waals surface area (Å²) in [5.74, 6) is 0.789. The van der Waals surface area contributed by atoms with Crippen molar-refractivity contribution in [3.8, 4) is 0 Å². The maximum Gasteiger partial charge on any atom is 0.315 e. The van der Waals surface area contributed by atoms with Crippen molar-refractivity contribution in [3.05, 3.63) is 52.9 Å². The van der Waals surface area contributed by atoms with Gasteiger partial charge in [0.25, 0.3) is 0 Å². The molecule has 0 bridgehead atoms. The van der Waals surface area contributed by atoms with Crippen LogP contribution in [-0.2, 0) is 6.42 Å². The molecule has 6 nitrogen and oxygen atoms in total. The highest BCUT2D eigenvalue weighted by molar-refractivity contribution is 5.74. The molecule has 0 saturated heterocycles. The molecule has 2 atom stereocenters. The van der Waals surface area contributed by atoms with Crippen LogP contribution >= 0.6 is 0 Å². The minimum Gasteiger partial charge on any atom is -0.396 e. The Morgan fingerprint density at radius 1 is 1.24 bits per heavy atom. The summed E-state index contributed by atoms with van der Waals surface area (Å²) in [6.07, 6.45) is 1.99. The number of amides is 2. The smallest absolute Gasteiger partial charge is 0.315 e. The third-order valence-corrected chi connectivity index (χ3v) is 4.23. The van der Waals surface area contributed by atoms with Gasteiger partial charge in [0.05, 0.1) is 11.7 Å². The van der Waals surface area contributed by atoms with Crippen LogP contribution in [0.5, 0.6) is 0 Å². The van der Waals surface area contributed by atoms with Crippen molar-refractivity contribution in [2.75, 3.05) is 6.61 Å². The van der Waals surface area contributed by atoms with Crippen LogP contribution in [0.15, 0.2) is 34.9 Å². The topological polar surface area (TPSA) is 87.4 Å². The van der Waals surface area contributed by atoms with E-state index < -0.39 is 0 Å². The van der Waals surface area contributed by atoms with E-state index in [1.54, 1.807) is 0 Å². The molecule has 0 aliphatic rings. The predicted octanol–water partition coefficient (Wildman–Crippen LogP) is 3.04. The second-order valence-corrected chi connectivity index (χ2v) is 6.35. The number of aromatic nitrogens is 1. The van der Waals surface area contributed by atoms with Crippen LogP contribution in [0, 0.1) is 13.8 Å². The fourth-order valence-corrected chi connectivity index (χ4v) is 2.88. The molecule has 1 aromatic heterocycles. The van der Waals surface area contributed by atoms with Crippen LogP contribution in [0.25, 0.3) is 0 Å². The number of hydrogen-bond donors (Lipinski definition) is 3. The van der Waals surface area contributed by atoms with Gasteiger partial charge in [-0.25, -0.2) is 4.79 Å². The van der Waals surface area contributed by atoms with Gasteiger partial charge in [0.2, 0.25) is 0 Å². The first-order valence-corrected chi connectivity index (χ1v) is 8.65. The third-order valence-electron chi connectivity index (χ3n) is 4.23. The Labute approximate surface area is 148 Å². The number of carbonyl (C=O) groups excluding carboxylic acids is 1. The minimum absolute atomic E-state index is 0.0499. The van der Waals surface area contributed by atoms with Crippen molar-refractivity contribution in [1.29, 1.82) is 0 Å². The van der Waals surface area contributed by atoms with E-state index in [0.717, 1.165) is 22.6 Å². The molecule has 2 aromatic rings. The third kappa shape index (κ3) is 5.60. The largest absolute Gasteiger partial charge is 0.396 e. The van der Waals surface area contributed by atoms with Crippen LogP contribution in [0.1, 0.15) is 48.4 Å². The number of aryl methyl sites for hydroxylation is 2. The maximum atomic E-state index is 12.4. The van der Waals surface area contributed by atoms with Gasteiger partial charge >= 0.3 is 6.03 Å². The molecule has 1 heterocycles. The molecule has 2 amide bonds. The number of aliphatic hydroxyl groups is 1. The standard InChI is InChI=1S/C19H27N3O3/c1-13(12-17-14(2)22-25-15(17)3)20-19(24)21-18(10-7-11-23)16-8-5-4-6-9-16/h4-6,8-9,13,18,23H,7,10-12H2,1-3H3,(H2,20,21,24). The average molecular weight is 345 g/mol. The second-order valence-electron chi connectivity index (χ2n) is 6.35. The number of benzene rings is 1. The zero-order valence-electron chi connectivity index (χ0n) is 15.1. The molecule has 0 fully saturated rings. The Hall–Kier alpha value is -2.34. The number of urea groups is 1. The van der Waals surface area contributed by atoms with Crippen molar-refractivity contribution in [2.45, 2.75) is 52.1 Å². The highest BCUT2D eigenvalue weighted by Crippen LogP contribution is 2.18. The van der Waals surface area contributed by atoms with Crippen molar-refractivity contribution >= 4 is 6.03 Å². The van der Waals surface area contributed by atoms with Crippen LogP contribution < -0.4 is 10.6 Å². The second kappa shape index (κ2) is 9.22. The number of aliphatic hydroxyl groups excluding tert-OH is 1. The molecule has 1 aromatic carbocycles.